The fourth-order valence-electron chi connectivity index (χ4n) is 5.31. The number of ether oxygens (including phenoxy) is 1. The van der Waals surface area contributed by atoms with Gasteiger partial charge in [-0.15, -0.1) is 0 Å². The zero-order chi connectivity index (χ0) is 24.0. The molecule has 35 heavy (non-hydrogen) atoms. The summed E-state index contributed by atoms with van der Waals surface area (Å²) < 4.78 is 6.50. The number of likely N-dealkylation sites (N-methyl/N-ethyl adjacent to an activating group) is 1. The first kappa shape index (κ1) is 27.2. The number of likely N-dealkylation sites (tertiary alicyclic amines) is 1. The van der Waals surface area contributed by atoms with E-state index in [0.717, 1.165) is 32.1 Å². The number of carbonyl (C=O) groups is 2. The number of benzene rings is 1. The first-order chi connectivity index (χ1) is 16.4. The Morgan fingerprint density at radius 2 is 1.77 bits per heavy atom. The van der Waals surface area contributed by atoms with E-state index in [9.17, 15) is 14.7 Å². The quantitative estimate of drug-likeness (QED) is 0.375. The topological polar surface area (TPSA) is 101 Å². The van der Waals surface area contributed by atoms with E-state index in [1.165, 1.54) is 12.4 Å². The molecular formula is C26H35BrN4O4. The van der Waals surface area contributed by atoms with E-state index in [2.05, 4.69) is 15.3 Å². The Morgan fingerprint density at radius 1 is 1.09 bits per heavy atom. The minimum absolute atomic E-state index is 0. The third-order valence-electron chi connectivity index (χ3n) is 7.33. The van der Waals surface area contributed by atoms with E-state index in [-0.39, 0.29) is 34.9 Å². The summed E-state index contributed by atoms with van der Waals surface area (Å²) in [6.45, 7) is 1.73. The monoisotopic (exact) mass is 546 g/mol. The molecule has 1 aromatic carbocycles. The fourth-order valence-corrected chi connectivity index (χ4v) is 5.31. The van der Waals surface area contributed by atoms with Crippen molar-refractivity contribution in [3.05, 3.63) is 54.5 Å². The number of nitrogens with zero attached hydrogens (tertiary/aromatic N) is 3. The molecule has 2 aliphatic rings. The van der Waals surface area contributed by atoms with E-state index >= 15 is 0 Å². The van der Waals surface area contributed by atoms with Gasteiger partial charge in [-0.2, -0.15) is 0 Å². The molecule has 2 heterocycles. The summed E-state index contributed by atoms with van der Waals surface area (Å²) in [4.78, 5) is 34.0. The molecule has 1 aromatic heterocycles. The molecule has 9 heteroatoms. The lowest BCUT2D eigenvalue weighted by Crippen LogP contribution is -3.00. The maximum absolute atomic E-state index is 13.4. The van der Waals surface area contributed by atoms with Gasteiger partial charge in [-0.1, -0.05) is 49.6 Å². The molecule has 1 saturated heterocycles. The second-order valence-corrected chi connectivity index (χ2v) is 9.94. The van der Waals surface area contributed by atoms with Crippen LogP contribution in [0.3, 0.4) is 0 Å². The van der Waals surface area contributed by atoms with Gasteiger partial charge in [0.15, 0.2) is 18.0 Å². The standard InChI is InChI=1S/C26H34N4O4.BrH/c1-30(19-24(31)29-23-18-27-14-15-28-23)16-12-22(13-17-30)34-25(32)26(33,20-8-4-2-5-9-20)21-10-6-3-7-11-21;/h2,4-5,8-9,14-15,18,21-22,33H,3,6-7,10-13,16-17,19H2,1H3;1H. The molecule has 0 bridgehead atoms. The Bertz CT molecular complexity index is 964. The highest BCUT2D eigenvalue weighted by atomic mass is 79.9. The molecule has 2 N–H and O–H groups in total. The SMILES string of the molecule is C[N+]1(CC(=O)Nc2cnccn2)CCC(OC(=O)C(O)(c2ccccc2)C2CCCCC2)CC1.[Br-]. The maximum Gasteiger partial charge on any atom is 0.343 e. The van der Waals surface area contributed by atoms with Gasteiger partial charge in [0.25, 0.3) is 5.91 Å². The Kier molecular flexibility index (Phi) is 9.38. The van der Waals surface area contributed by atoms with Gasteiger partial charge < -0.3 is 36.6 Å². The number of hydrogen-bond acceptors (Lipinski definition) is 6. The van der Waals surface area contributed by atoms with Crippen molar-refractivity contribution in [3.63, 3.8) is 0 Å². The van der Waals surface area contributed by atoms with E-state index in [0.29, 0.717) is 48.3 Å². The molecule has 1 aliphatic heterocycles. The van der Waals surface area contributed by atoms with Crippen molar-refractivity contribution in [3.8, 4) is 0 Å². The summed E-state index contributed by atoms with van der Waals surface area (Å²) in [6.07, 6.45) is 10.5. The van der Waals surface area contributed by atoms with Gasteiger partial charge >= 0.3 is 5.97 Å². The number of quaternary nitrogens is 1. The fraction of sp³-hybridized carbons (Fsp3) is 0.538. The molecule has 2 aromatic rings. The van der Waals surface area contributed by atoms with Crippen molar-refractivity contribution < 1.29 is 40.9 Å². The van der Waals surface area contributed by atoms with E-state index in [1.807, 2.05) is 37.4 Å². The summed E-state index contributed by atoms with van der Waals surface area (Å²) in [7, 11) is 2.04. The van der Waals surface area contributed by atoms with E-state index < -0.39 is 11.6 Å². The van der Waals surface area contributed by atoms with Gasteiger partial charge in [0.2, 0.25) is 0 Å². The summed E-state index contributed by atoms with van der Waals surface area (Å²) in [6, 6.07) is 9.23. The molecule has 1 aliphatic carbocycles. The number of hydrogen-bond donors (Lipinski definition) is 2. The molecule has 0 radical (unpaired) electrons. The highest BCUT2D eigenvalue weighted by molar-refractivity contribution is 5.90. The smallest absolute Gasteiger partial charge is 0.343 e. The van der Waals surface area contributed by atoms with Crippen LogP contribution in [0.5, 0.6) is 0 Å². The number of rotatable bonds is 7. The number of halogens is 1. The number of aromatic nitrogens is 2. The highest BCUT2D eigenvalue weighted by Gasteiger charge is 2.48. The van der Waals surface area contributed by atoms with Crippen LogP contribution in [0.15, 0.2) is 48.9 Å². The molecule has 2 fully saturated rings. The second-order valence-electron chi connectivity index (χ2n) is 9.94. The van der Waals surface area contributed by atoms with Crippen molar-refractivity contribution in [1.82, 2.24) is 9.97 Å². The molecular weight excluding hydrogens is 512 g/mol. The van der Waals surface area contributed by atoms with E-state index in [4.69, 9.17) is 4.74 Å². The molecule has 1 unspecified atom stereocenters. The first-order valence-electron chi connectivity index (χ1n) is 12.3. The van der Waals surface area contributed by atoms with Crippen LogP contribution < -0.4 is 22.3 Å². The van der Waals surface area contributed by atoms with Gasteiger partial charge in [0.05, 0.1) is 26.3 Å². The summed E-state index contributed by atoms with van der Waals surface area (Å²) in [5.74, 6) is -0.349. The maximum atomic E-state index is 13.4. The zero-order valence-corrected chi connectivity index (χ0v) is 21.8. The largest absolute Gasteiger partial charge is 1.00 e. The summed E-state index contributed by atoms with van der Waals surface area (Å²) >= 11 is 0. The Balaban J connectivity index is 0.00000342. The lowest BCUT2D eigenvalue weighted by atomic mass is 9.73. The predicted octanol–water partition coefficient (Wildman–Crippen LogP) is 0.0394. The highest BCUT2D eigenvalue weighted by Crippen LogP contribution is 2.41. The average Bonchev–Trinajstić information content (AvgIpc) is 2.86. The van der Waals surface area contributed by atoms with Gasteiger partial charge in [0.1, 0.15) is 6.10 Å². The molecule has 1 saturated carbocycles. The molecule has 1 amide bonds. The van der Waals surface area contributed by atoms with Crippen LogP contribution in [0.1, 0.15) is 50.5 Å². The summed E-state index contributed by atoms with van der Waals surface area (Å²) in [5.41, 5.74) is -1.00. The van der Waals surface area contributed by atoms with Crippen LogP contribution in [0, 0.1) is 5.92 Å². The second kappa shape index (κ2) is 12.1. The molecule has 0 spiro atoms. The lowest BCUT2D eigenvalue weighted by Gasteiger charge is -2.41. The van der Waals surface area contributed by atoms with Gasteiger partial charge in [-0.05, 0) is 18.4 Å². The number of carbonyl (C=O) groups excluding carboxylic acids is 2. The Labute approximate surface area is 217 Å². The van der Waals surface area contributed by atoms with E-state index in [1.54, 1.807) is 6.20 Å². The minimum Gasteiger partial charge on any atom is -1.00 e. The van der Waals surface area contributed by atoms with Crippen molar-refractivity contribution in [2.24, 2.45) is 5.92 Å². The van der Waals surface area contributed by atoms with Gasteiger partial charge in [-0.25, -0.2) is 9.78 Å². The first-order valence-corrected chi connectivity index (χ1v) is 12.3. The van der Waals surface area contributed by atoms with Crippen LogP contribution in [0.2, 0.25) is 0 Å². The minimum atomic E-state index is -1.62. The molecule has 4 rings (SSSR count). The van der Waals surface area contributed by atoms with Crippen LogP contribution in [0.4, 0.5) is 5.82 Å². The number of nitrogens with one attached hydrogen (secondary N) is 1. The van der Waals surface area contributed by atoms with Crippen molar-refractivity contribution in [2.45, 2.75) is 56.7 Å². The third-order valence-corrected chi connectivity index (χ3v) is 7.33. The number of amides is 1. The number of esters is 1. The number of piperidine rings is 1. The zero-order valence-electron chi connectivity index (χ0n) is 20.2. The van der Waals surface area contributed by atoms with Crippen LogP contribution in [-0.4, -0.2) is 64.2 Å². The molecule has 1 atom stereocenters. The molecule has 8 nitrogen and oxygen atoms in total. The van der Waals surface area contributed by atoms with Crippen molar-refractivity contribution in [2.75, 3.05) is 32.0 Å². The molecule has 190 valence electrons. The van der Waals surface area contributed by atoms with Crippen molar-refractivity contribution in [1.29, 1.82) is 0 Å². The van der Waals surface area contributed by atoms with Crippen LogP contribution in [0.25, 0.3) is 0 Å². The number of aliphatic hydroxyl groups is 1. The van der Waals surface area contributed by atoms with Gasteiger partial charge in [0, 0.05) is 31.2 Å². The third kappa shape index (κ3) is 6.65. The van der Waals surface area contributed by atoms with Crippen LogP contribution in [-0.2, 0) is 19.9 Å². The van der Waals surface area contributed by atoms with Crippen LogP contribution >= 0.6 is 0 Å². The number of anilines is 1. The summed E-state index contributed by atoms with van der Waals surface area (Å²) in [5, 5.41) is 14.5. The average molecular weight is 547 g/mol. The Morgan fingerprint density at radius 3 is 2.40 bits per heavy atom. The predicted molar refractivity (Wildman–Crippen MR) is 127 cm³/mol. The van der Waals surface area contributed by atoms with Crippen molar-refractivity contribution >= 4 is 17.7 Å². The Hall–Kier alpha value is -2.36. The van der Waals surface area contributed by atoms with Gasteiger partial charge in [-0.3, -0.25) is 9.78 Å². The normalized spacial score (nSPS) is 24.5. The lowest BCUT2D eigenvalue weighted by molar-refractivity contribution is -0.907.